The van der Waals surface area contributed by atoms with Gasteiger partial charge in [-0.25, -0.2) is 9.07 Å². The van der Waals surface area contributed by atoms with Gasteiger partial charge in [-0.15, -0.1) is 0 Å². The van der Waals surface area contributed by atoms with Crippen LogP contribution in [0.4, 0.5) is 4.39 Å². The number of nitrogens with one attached hydrogen (secondary N) is 1. The summed E-state index contributed by atoms with van der Waals surface area (Å²) >= 11 is 0. The summed E-state index contributed by atoms with van der Waals surface area (Å²) in [5.74, 6) is -2.25. The van der Waals surface area contributed by atoms with E-state index in [1.165, 1.54) is 35.0 Å². The van der Waals surface area contributed by atoms with Crippen molar-refractivity contribution in [2.45, 2.75) is 64.6 Å². The number of carboxylic acids is 1. The second-order valence-electron chi connectivity index (χ2n) is 8.19. The predicted octanol–water partition coefficient (Wildman–Crippen LogP) is 1.93. The van der Waals surface area contributed by atoms with E-state index in [9.17, 15) is 29.3 Å². The number of aliphatic hydroxyl groups is 2. The van der Waals surface area contributed by atoms with Gasteiger partial charge in [-0.1, -0.05) is 33.3 Å². The van der Waals surface area contributed by atoms with E-state index >= 15 is 0 Å². The summed E-state index contributed by atoms with van der Waals surface area (Å²) in [6, 6.07) is 5.63. The van der Waals surface area contributed by atoms with Crippen molar-refractivity contribution in [2.24, 2.45) is 0 Å². The topological polar surface area (TPSA) is 128 Å². The first-order valence-corrected chi connectivity index (χ1v) is 11.0. The van der Waals surface area contributed by atoms with E-state index in [4.69, 9.17) is 0 Å². The van der Waals surface area contributed by atoms with Crippen molar-refractivity contribution in [3.63, 3.8) is 0 Å². The Hall–Kier alpha value is -3.04. The third-order valence-electron chi connectivity index (χ3n) is 5.03. The maximum absolute atomic E-state index is 13.5. The maximum atomic E-state index is 13.5. The van der Waals surface area contributed by atoms with Crippen LogP contribution >= 0.6 is 0 Å². The Morgan fingerprint density at radius 1 is 1.24 bits per heavy atom. The first kappa shape index (κ1) is 26.2. The molecule has 0 saturated carbocycles. The van der Waals surface area contributed by atoms with E-state index in [0.717, 1.165) is 12.8 Å². The van der Waals surface area contributed by atoms with Crippen LogP contribution in [-0.4, -0.2) is 50.6 Å². The van der Waals surface area contributed by atoms with Crippen molar-refractivity contribution in [3.8, 4) is 5.69 Å². The van der Waals surface area contributed by atoms with Gasteiger partial charge in [0.15, 0.2) is 5.69 Å². The van der Waals surface area contributed by atoms with Crippen LogP contribution in [0, 0.1) is 5.82 Å². The van der Waals surface area contributed by atoms with E-state index in [0.29, 0.717) is 23.5 Å². The molecule has 0 radical (unpaired) electrons. The molecule has 1 amide bonds. The van der Waals surface area contributed by atoms with Crippen molar-refractivity contribution in [1.82, 2.24) is 15.1 Å². The van der Waals surface area contributed by atoms with Crippen LogP contribution in [0.25, 0.3) is 11.8 Å². The Kier molecular flexibility index (Phi) is 9.74. The summed E-state index contributed by atoms with van der Waals surface area (Å²) in [5.41, 5.74) is 1.92. The fourth-order valence-corrected chi connectivity index (χ4v) is 3.42. The number of halogens is 1. The van der Waals surface area contributed by atoms with Crippen molar-refractivity contribution >= 4 is 18.0 Å². The molecule has 0 unspecified atom stereocenters. The molecule has 2 rings (SSSR count). The molecule has 180 valence electrons. The molecule has 9 heteroatoms. The quantitative estimate of drug-likeness (QED) is 0.415. The average molecular weight is 461 g/mol. The van der Waals surface area contributed by atoms with Crippen LogP contribution in [0.15, 0.2) is 30.3 Å². The van der Waals surface area contributed by atoms with Crippen LogP contribution in [-0.2, 0) is 4.79 Å². The van der Waals surface area contributed by atoms with Crippen molar-refractivity contribution < 1.29 is 29.3 Å². The molecule has 2 atom stereocenters. The molecule has 2 aromatic rings. The number of hydrogen-bond acceptors (Lipinski definition) is 6. The molecular formula is C24H31FN3O5-. The molecular weight excluding hydrogens is 429 g/mol. The summed E-state index contributed by atoms with van der Waals surface area (Å²) in [6.07, 6.45) is 1.55. The van der Waals surface area contributed by atoms with Gasteiger partial charge in [0.2, 0.25) is 0 Å². The van der Waals surface area contributed by atoms with Crippen LogP contribution in [0.2, 0.25) is 0 Å². The van der Waals surface area contributed by atoms with Crippen LogP contribution in [0.1, 0.15) is 74.1 Å². The normalized spacial score (nSPS) is 13.4. The number of amides is 1. The average Bonchev–Trinajstić information content (AvgIpc) is 3.12. The minimum atomic E-state index is -1.41. The molecule has 0 aliphatic heterocycles. The molecule has 0 fully saturated rings. The van der Waals surface area contributed by atoms with Gasteiger partial charge in [0.1, 0.15) is 5.82 Å². The molecule has 0 bridgehead atoms. The number of hydrogen-bond donors (Lipinski definition) is 3. The summed E-state index contributed by atoms with van der Waals surface area (Å²) in [5, 5.41) is 38.0. The Labute approximate surface area is 192 Å². The highest BCUT2D eigenvalue weighted by molar-refractivity contribution is 5.95. The van der Waals surface area contributed by atoms with Crippen LogP contribution < -0.4 is 10.4 Å². The van der Waals surface area contributed by atoms with Gasteiger partial charge in [0.25, 0.3) is 5.91 Å². The molecule has 0 aliphatic carbocycles. The van der Waals surface area contributed by atoms with Gasteiger partial charge in [-0.3, -0.25) is 4.79 Å². The second kappa shape index (κ2) is 12.3. The molecule has 3 N–H and O–H groups in total. The van der Waals surface area contributed by atoms with Gasteiger partial charge < -0.3 is 25.4 Å². The van der Waals surface area contributed by atoms with Gasteiger partial charge >= 0.3 is 0 Å². The first-order chi connectivity index (χ1) is 15.6. The zero-order chi connectivity index (χ0) is 24.5. The number of carbonyl (C=O) groups is 2. The number of nitrogens with zero attached hydrogens (tertiary/aromatic N) is 2. The van der Waals surface area contributed by atoms with E-state index in [2.05, 4.69) is 10.4 Å². The number of aliphatic carboxylic acids is 1. The maximum Gasteiger partial charge on any atom is 0.272 e. The SMILES string of the molecule is CCCCNC(=O)c1nn(-c2ccc(F)cc2)c(/C=C/[C@@H](O)C[C@@H](O)CC(=O)[O-])c1C(C)C. The van der Waals surface area contributed by atoms with Crippen LogP contribution in [0.3, 0.4) is 0 Å². The Morgan fingerprint density at radius 3 is 2.48 bits per heavy atom. The Bertz CT molecular complexity index is 969. The predicted molar refractivity (Wildman–Crippen MR) is 120 cm³/mol. The van der Waals surface area contributed by atoms with Crippen molar-refractivity contribution in [3.05, 3.63) is 53.1 Å². The summed E-state index contributed by atoms with van der Waals surface area (Å²) in [7, 11) is 0. The lowest BCUT2D eigenvalue weighted by Gasteiger charge is -2.14. The van der Waals surface area contributed by atoms with Crippen LogP contribution in [0.5, 0.6) is 0 Å². The van der Waals surface area contributed by atoms with E-state index in [1.807, 2.05) is 20.8 Å². The zero-order valence-electron chi connectivity index (χ0n) is 19.1. The van der Waals surface area contributed by atoms with Gasteiger partial charge in [-0.2, -0.15) is 5.10 Å². The number of benzene rings is 1. The second-order valence-corrected chi connectivity index (χ2v) is 8.19. The highest BCUT2D eigenvalue weighted by Crippen LogP contribution is 2.28. The standard InChI is InChI=1S/C24H32FN3O5/c1-4-5-12-26-24(33)23-22(15(2)3)20(11-10-18(29)13-19(30)14-21(31)32)28(27-23)17-8-6-16(25)7-9-17/h6-11,15,18-19,29-30H,4-5,12-14H2,1-3H3,(H,26,33)(H,31,32)/p-1/b11-10+/t18-,19-/m1/s1. The number of aromatic nitrogens is 2. The first-order valence-electron chi connectivity index (χ1n) is 11.0. The summed E-state index contributed by atoms with van der Waals surface area (Å²) < 4.78 is 15.0. The Morgan fingerprint density at radius 2 is 1.91 bits per heavy atom. The number of aliphatic hydroxyl groups excluding tert-OH is 2. The van der Waals surface area contributed by atoms with Gasteiger partial charge in [0.05, 0.1) is 23.6 Å². The fraction of sp³-hybridized carbons (Fsp3) is 0.458. The number of rotatable bonds is 12. The minimum Gasteiger partial charge on any atom is -0.550 e. The Balaban J connectivity index is 2.47. The third-order valence-corrected chi connectivity index (χ3v) is 5.03. The minimum absolute atomic E-state index is 0.105. The summed E-state index contributed by atoms with van der Waals surface area (Å²) in [6.45, 7) is 6.35. The number of carboxylic acid groups (broad SMARTS) is 1. The van der Waals surface area contributed by atoms with Gasteiger partial charge in [-0.05, 0) is 42.7 Å². The highest BCUT2D eigenvalue weighted by atomic mass is 19.1. The molecule has 0 spiro atoms. The zero-order valence-corrected chi connectivity index (χ0v) is 19.1. The lowest BCUT2D eigenvalue weighted by Crippen LogP contribution is -2.29. The molecule has 1 heterocycles. The third kappa shape index (κ3) is 7.50. The van der Waals surface area contributed by atoms with Crippen molar-refractivity contribution in [1.29, 1.82) is 0 Å². The van der Waals surface area contributed by atoms with E-state index in [-0.39, 0.29) is 23.9 Å². The molecule has 0 saturated heterocycles. The van der Waals surface area contributed by atoms with E-state index < -0.39 is 30.4 Å². The van der Waals surface area contributed by atoms with E-state index in [1.54, 1.807) is 6.08 Å². The largest absolute Gasteiger partial charge is 0.550 e. The molecule has 33 heavy (non-hydrogen) atoms. The van der Waals surface area contributed by atoms with Crippen molar-refractivity contribution in [2.75, 3.05) is 6.54 Å². The monoisotopic (exact) mass is 460 g/mol. The molecule has 0 aliphatic rings. The summed E-state index contributed by atoms with van der Waals surface area (Å²) in [4.78, 5) is 23.5. The lowest BCUT2D eigenvalue weighted by molar-refractivity contribution is -0.307. The fourth-order valence-electron chi connectivity index (χ4n) is 3.42. The highest BCUT2D eigenvalue weighted by Gasteiger charge is 2.24. The molecule has 1 aromatic carbocycles. The van der Waals surface area contributed by atoms with Gasteiger partial charge in [0, 0.05) is 30.9 Å². The smallest absolute Gasteiger partial charge is 0.272 e. The number of unbranched alkanes of at least 4 members (excludes halogenated alkanes) is 1. The lowest BCUT2D eigenvalue weighted by atomic mass is 9.98. The molecule has 8 nitrogen and oxygen atoms in total. The number of carbonyl (C=O) groups excluding carboxylic acids is 2. The molecule has 1 aromatic heterocycles.